The molecule has 4 rings (SSSR count). The minimum Gasteiger partial charge on any atom is -0.454 e. The summed E-state index contributed by atoms with van der Waals surface area (Å²) < 4.78 is 10.7. The van der Waals surface area contributed by atoms with Gasteiger partial charge >= 0.3 is 0 Å². The molecule has 27 heavy (non-hydrogen) atoms. The van der Waals surface area contributed by atoms with Crippen LogP contribution in [0.3, 0.4) is 0 Å². The largest absolute Gasteiger partial charge is 0.454 e. The van der Waals surface area contributed by atoms with Crippen LogP contribution in [0.4, 0.5) is 17.1 Å². The van der Waals surface area contributed by atoms with Crippen LogP contribution in [0.2, 0.25) is 5.02 Å². The second-order valence-corrected chi connectivity index (χ2v) is 6.47. The molecule has 0 radical (unpaired) electrons. The lowest BCUT2D eigenvalue weighted by atomic mass is 10.2. The number of amides is 1. The van der Waals surface area contributed by atoms with Crippen LogP contribution in [0.1, 0.15) is 16.1 Å². The van der Waals surface area contributed by atoms with E-state index in [1.165, 1.54) is 0 Å². The Balaban J connectivity index is 1.51. The van der Waals surface area contributed by atoms with Crippen molar-refractivity contribution < 1.29 is 14.3 Å². The molecule has 0 unspecified atom stereocenters. The number of halogens is 1. The molecule has 7 heteroatoms. The number of nitrogens with one attached hydrogen (secondary N) is 2. The number of pyridine rings is 1. The van der Waals surface area contributed by atoms with Crippen molar-refractivity contribution in [1.29, 1.82) is 0 Å². The van der Waals surface area contributed by atoms with E-state index in [1.807, 2.05) is 25.1 Å². The van der Waals surface area contributed by atoms with Gasteiger partial charge in [0.25, 0.3) is 5.91 Å². The number of nitrogens with zero attached hydrogens (tertiary/aromatic N) is 1. The predicted molar refractivity (Wildman–Crippen MR) is 104 cm³/mol. The number of aromatic nitrogens is 1. The van der Waals surface area contributed by atoms with E-state index >= 15 is 0 Å². The van der Waals surface area contributed by atoms with Crippen molar-refractivity contribution in [3.8, 4) is 11.5 Å². The van der Waals surface area contributed by atoms with Crippen molar-refractivity contribution in [3.63, 3.8) is 0 Å². The lowest BCUT2D eigenvalue weighted by Gasteiger charge is -2.10. The third-order valence-corrected chi connectivity index (χ3v) is 4.33. The van der Waals surface area contributed by atoms with Gasteiger partial charge in [0.15, 0.2) is 11.5 Å². The van der Waals surface area contributed by atoms with Gasteiger partial charge in [-0.15, -0.1) is 0 Å². The fourth-order valence-electron chi connectivity index (χ4n) is 2.73. The molecule has 3 aromatic rings. The maximum Gasteiger partial charge on any atom is 0.274 e. The van der Waals surface area contributed by atoms with Gasteiger partial charge in [-0.1, -0.05) is 11.6 Å². The number of hydrogen-bond donors (Lipinski definition) is 2. The Morgan fingerprint density at radius 2 is 1.85 bits per heavy atom. The third-order valence-electron chi connectivity index (χ3n) is 4.09. The molecule has 0 bridgehead atoms. The van der Waals surface area contributed by atoms with Gasteiger partial charge < -0.3 is 20.1 Å². The van der Waals surface area contributed by atoms with E-state index in [-0.39, 0.29) is 12.7 Å². The van der Waals surface area contributed by atoms with E-state index in [0.29, 0.717) is 27.9 Å². The highest BCUT2D eigenvalue weighted by Gasteiger charge is 2.14. The number of hydrogen-bond acceptors (Lipinski definition) is 5. The first kappa shape index (κ1) is 17.2. The number of carbonyl (C=O) groups excluding carboxylic acids is 1. The quantitative estimate of drug-likeness (QED) is 0.681. The van der Waals surface area contributed by atoms with Crippen LogP contribution in [-0.2, 0) is 0 Å². The zero-order valence-corrected chi connectivity index (χ0v) is 15.2. The highest BCUT2D eigenvalue weighted by Crippen LogP contribution is 2.35. The van der Waals surface area contributed by atoms with E-state index in [4.69, 9.17) is 21.1 Å². The summed E-state index contributed by atoms with van der Waals surface area (Å²) in [5.41, 5.74) is 3.44. The molecule has 2 aromatic carbocycles. The lowest BCUT2D eigenvalue weighted by molar-refractivity contribution is 0.102. The SMILES string of the molecule is Cc1cc(Cl)ccc1NC(=O)c1cc(Nc2ccc3c(c2)OCO3)ccn1. The van der Waals surface area contributed by atoms with Crippen LogP contribution >= 0.6 is 11.6 Å². The Bertz CT molecular complexity index is 1020. The molecule has 1 aliphatic heterocycles. The van der Waals surface area contributed by atoms with Crippen LogP contribution in [0, 0.1) is 6.92 Å². The van der Waals surface area contributed by atoms with Gasteiger partial charge in [-0.05, 0) is 55.0 Å². The maximum atomic E-state index is 12.5. The number of carbonyl (C=O) groups is 1. The first-order valence-electron chi connectivity index (χ1n) is 8.29. The molecule has 0 saturated heterocycles. The zero-order chi connectivity index (χ0) is 18.8. The van der Waals surface area contributed by atoms with Gasteiger partial charge in [0.2, 0.25) is 6.79 Å². The predicted octanol–water partition coefficient (Wildman–Crippen LogP) is 4.77. The molecule has 1 aromatic heterocycles. The normalized spacial score (nSPS) is 11.9. The van der Waals surface area contributed by atoms with E-state index in [2.05, 4.69) is 15.6 Å². The van der Waals surface area contributed by atoms with Crippen LogP contribution in [0.25, 0.3) is 0 Å². The van der Waals surface area contributed by atoms with Crippen molar-refractivity contribution in [2.24, 2.45) is 0 Å². The summed E-state index contributed by atoms with van der Waals surface area (Å²) in [6, 6.07) is 14.3. The molecular formula is C20H16ClN3O3. The number of rotatable bonds is 4. The summed E-state index contributed by atoms with van der Waals surface area (Å²) in [6.45, 7) is 2.11. The fourth-order valence-corrected chi connectivity index (χ4v) is 2.95. The van der Waals surface area contributed by atoms with Crippen LogP contribution in [-0.4, -0.2) is 17.7 Å². The van der Waals surface area contributed by atoms with E-state index in [0.717, 1.165) is 16.9 Å². The number of anilines is 3. The molecule has 2 heterocycles. The number of aryl methyl sites for hydroxylation is 1. The van der Waals surface area contributed by atoms with E-state index in [9.17, 15) is 4.79 Å². The Morgan fingerprint density at radius 3 is 2.70 bits per heavy atom. The number of fused-ring (bicyclic) bond motifs is 1. The highest BCUT2D eigenvalue weighted by atomic mass is 35.5. The summed E-state index contributed by atoms with van der Waals surface area (Å²) in [4.78, 5) is 16.7. The first-order valence-corrected chi connectivity index (χ1v) is 8.66. The van der Waals surface area contributed by atoms with E-state index < -0.39 is 0 Å². The minimum atomic E-state index is -0.297. The standard InChI is InChI=1S/C20H16ClN3O3/c1-12-8-13(21)2-4-16(12)24-20(25)17-9-15(6-7-22-17)23-14-3-5-18-19(10-14)27-11-26-18/h2-10H,11H2,1H3,(H,22,23)(H,24,25). The summed E-state index contributed by atoms with van der Waals surface area (Å²) in [5, 5.41) is 6.72. The first-order chi connectivity index (χ1) is 13.1. The van der Waals surface area contributed by atoms with Crippen LogP contribution in [0.15, 0.2) is 54.7 Å². The third kappa shape index (κ3) is 3.80. The summed E-state index contributed by atoms with van der Waals surface area (Å²) in [7, 11) is 0. The van der Waals surface area contributed by atoms with Crippen molar-refractivity contribution in [2.45, 2.75) is 6.92 Å². The number of ether oxygens (including phenoxy) is 2. The van der Waals surface area contributed by atoms with Crippen molar-refractivity contribution in [1.82, 2.24) is 4.98 Å². The number of benzene rings is 2. The average molecular weight is 382 g/mol. The molecule has 0 saturated carbocycles. The van der Waals surface area contributed by atoms with E-state index in [1.54, 1.807) is 36.5 Å². The lowest BCUT2D eigenvalue weighted by Crippen LogP contribution is -2.14. The fraction of sp³-hybridized carbons (Fsp3) is 0.100. The van der Waals surface area contributed by atoms with Gasteiger partial charge in [0, 0.05) is 34.3 Å². The Labute approximate surface area is 161 Å². The molecule has 0 spiro atoms. The molecule has 1 aliphatic rings. The second kappa shape index (κ2) is 7.17. The molecule has 136 valence electrons. The van der Waals surface area contributed by atoms with Gasteiger partial charge in [-0.2, -0.15) is 0 Å². The highest BCUT2D eigenvalue weighted by molar-refractivity contribution is 6.30. The maximum absolute atomic E-state index is 12.5. The van der Waals surface area contributed by atoms with Gasteiger partial charge in [-0.3, -0.25) is 9.78 Å². The van der Waals surface area contributed by atoms with Crippen LogP contribution in [0.5, 0.6) is 11.5 Å². The summed E-state index contributed by atoms with van der Waals surface area (Å²) in [5.74, 6) is 1.11. The minimum absolute atomic E-state index is 0.225. The van der Waals surface area contributed by atoms with Crippen molar-refractivity contribution in [3.05, 3.63) is 71.0 Å². The summed E-state index contributed by atoms with van der Waals surface area (Å²) >= 11 is 5.95. The molecule has 6 nitrogen and oxygen atoms in total. The van der Waals surface area contributed by atoms with Gasteiger partial charge in [0.1, 0.15) is 5.69 Å². The molecule has 0 aliphatic carbocycles. The molecule has 1 amide bonds. The molecular weight excluding hydrogens is 366 g/mol. The van der Waals surface area contributed by atoms with Crippen molar-refractivity contribution >= 4 is 34.6 Å². The van der Waals surface area contributed by atoms with Crippen molar-refractivity contribution in [2.75, 3.05) is 17.4 Å². The van der Waals surface area contributed by atoms with Crippen LogP contribution < -0.4 is 20.1 Å². The average Bonchev–Trinajstić information content (AvgIpc) is 3.12. The molecule has 0 fully saturated rings. The monoisotopic (exact) mass is 381 g/mol. The smallest absolute Gasteiger partial charge is 0.274 e. The topological polar surface area (TPSA) is 72.5 Å². The Kier molecular flexibility index (Phi) is 4.56. The Hall–Kier alpha value is -3.25. The van der Waals surface area contributed by atoms with Gasteiger partial charge in [-0.25, -0.2) is 0 Å². The molecule has 2 N–H and O–H groups in total. The van der Waals surface area contributed by atoms with Gasteiger partial charge in [0.05, 0.1) is 0 Å². The second-order valence-electron chi connectivity index (χ2n) is 6.04. The molecule has 0 atom stereocenters. The zero-order valence-electron chi connectivity index (χ0n) is 14.5. The Morgan fingerprint density at radius 1 is 1.04 bits per heavy atom. The summed E-state index contributed by atoms with van der Waals surface area (Å²) in [6.07, 6.45) is 1.58.